The van der Waals surface area contributed by atoms with Crippen LogP contribution in [0.15, 0.2) is 0 Å². The van der Waals surface area contributed by atoms with Crippen LogP contribution < -0.4 is 0 Å². The SMILES string of the molecule is CO[C@H]1C(C)OC[C@@H](O)[C@@H]1O. The maximum atomic E-state index is 9.35. The fourth-order valence-corrected chi connectivity index (χ4v) is 1.27. The average Bonchev–Trinajstić information content (AvgIpc) is 1.99. The quantitative estimate of drug-likeness (QED) is 0.527. The van der Waals surface area contributed by atoms with Crippen LogP contribution in [0.3, 0.4) is 0 Å². The van der Waals surface area contributed by atoms with Gasteiger partial charge in [-0.1, -0.05) is 0 Å². The van der Waals surface area contributed by atoms with Crippen molar-refractivity contribution in [1.82, 2.24) is 0 Å². The van der Waals surface area contributed by atoms with Gasteiger partial charge in [-0.25, -0.2) is 0 Å². The van der Waals surface area contributed by atoms with Gasteiger partial charge >= 0.3 is 0 Å². The highest BCUT2D eigenvalue weighted by Gasteiger charge is 2.36. The van der Waals surface area contributed by atoms with Gasteiger partial charge in [0.05, 0.1) is 12.7 Å². The Hall–Kier alpha value is -0.160. The molecule has 0 radical (unpaired) electrons. The maximum Gasteiger partial charge on any atom is 0.111 e. The van der Waals surface area contributed by atoms with E-state index in [2.05, 4.69) is 0 Å². The monoisotopic (exact) mass is 162 g/mol. The number of ether oxygens (including phenoxy) is 2. The summed E-state index contributed by atoms with van der Waals surface area (Å²) in [7, 11) is 1.49. The number of aliphatic hydroxyl groups is 2. The van der Waals surface area contributed by atoms with Crippen LogP contribution in [0.25, 0.3) is 0 Å². The molecule has 0 spiro atoms. The van der Waals surface area contributed by atoms with Gasteiger partial charge in [-0.15, -0.1) is 0 Å². The fraction of sp³-hybridized carbons (Fsp3) is 1.00. The van der Waals surface area contributed by atoms with Gasteiger partial charge in [-0.05, 0) is 6.92 Å². The molecule has 1 rings (SSSR count). The Bertz CT molecular complexity index is 128. The molecule has 4 heteroatoms. The molecule has 4 atom stereocenters. The molecule has 0 aliphatic carbocycles. The molecule has 0 aromatic heterocycles. The van der Waals surface area contributed by atoms with Gasteiger partial charge in [0, 0.05) is 7.11 Å². The van der Waals surface area contributed by atoms with E-state index in [1.54, 1.807) is 0 Å². The van der Waals surface area contributed by atoms with E-state index >= 15 is 0 Å². The zero-order valence-corrected chi connectivity index (χ0v) is 6.73. The summed E-state index contributed by atoms with van der Waals surface area (Å²) < 4.78 is 10.1. The molecule has 1 unspecified atom stereocenters. The highest BCUT2D eigenvalue weighted by molar-refractivity contribution is 4.85. The first-order valence-electron chi connectivity index (χ1n) is 3.67. The van der Waals surface area contributed by atoms with Gasteiger partial charge in [0.1, 0.15) is 18.3 Å². The van der Waals surface area contributed by atoms with Crippen molar-refractivity contribution in [2.45, 2.75) is 31.3 Å². The molecule has 1 fully saturated rings. The van der Waals surface area contributed by atoms with Crippen molar-refractivity contribution >= 4 is 0 Å². The summed E-state index contributed by atoms with van der Waals surface area (Å²) in [6, 6.07) is 0. The summed E-state index contributed by atoms with van der Waals surface area (Å²) in [5.41, 5.74) is 0. The van der Waals surface area contributed by atoms with Crippen molar-refractivity contribution < 1.29 is 19.7 Å². The van der Waals surface area contributed by atoms with Crippen molar-refractivity contribution in [3.8, 4) is 0 Å². The van der Waals surface area contributed by atoms with E-state index in [0.29, 0.717) is 0 Å². The van der Waals surface area contributed by atoms with Crippen molar-refractivity contribution in [3.05, 3.63) is 0 Å². The molecule has 0 saturated carbocycles. The van der Waals surface area contributed by atoms with E-state index in [1.165, 1.54) is 7.11 Å². The molecule has 0 amide bonds. The molecule has 0 aromatic rings. The van der Waals surface area contributed by atoms with Crippen LogP contribution in [0.4, 0.5) is 0 Å². The van der Waals surface area contributed by atoms with Crippen LogP contribution in [-0.2, 0) is 9.47 Å². The third kappa shape index (κ3) is 1.70. The van der Waals surface area contributed by atoms with Crippen LogP contribution in [0.2, 0.25) is 0 Å². The second-order valence-electron chi connectivity index (χ2n) is 2.80. The van der Waals surface area contributed by atoms with E-state index in [-0.39, 0.29) is 12.7 Å². The summed E-state index contributed by atoms with van der Waals surface area (Å²) in [5.74, 6) is 0. The van der Waals surface area contributed by atoms with Crippen LogP contribution in [0, 0.1) is 0 Å². The molecule has 1 aliphatic rings. The van der Waals surface area contributed by atoms with Gasteiger partial charge < -0.3 is 19.7 Å². The smallest absolute Gasteiger partial charge is 0.111 e. The molecule has 11 heavy (non-hydrogen) atoms. The van der Waals surface area contributed by atoms with Crippen LogP contribution in [0.1, 0.15) is 6.92 Å². The summed E-state index contributed by atoms with van der Waals surface area (Å²) in [5, 5.41) is 18.5. The Morgan fingerprint density at radius 2 is 2.09 bits per heavy atom. The Kier molecular flexibility index (Phi) is 2.84. The van der Waals surface area contributed by atoms with Crippen molar-refractivity contribution in [2.24, 2.45) is 0 Å². The van der Waals surface area contributed by atoms with Crippen LogP contribution in [-0.4, -0.2) is 48.3 Å². The Morgan fingerprint density at radius 1 is 1.45 bits per heavy atom. The van der Waals surface area contributed by atoms with Crippen molar-refractivity contribution in [1.29, 1.82) is 0 Å². The van der Waals surface area contributed by atoms with E-state index in [1.807, 2.05) is 6.92 Å². The lowest BCUT2D eigenvalue weighted by molar-refractivity contribution is -0.190. The van der Waals surface area contributed by atoms with Crippen LogP contribution >= 0.6 is 0 Å². The number of hydrogen-bond donors (Lipinski definition) is 2. The third-order valence-electron chi connectivity index (χ3n) is 2.00. The lowest BCUT2D eigenvalue weighted by Crippen LogP contribution is -2.52. The zero-order chi connectivity index (χ0) is 8.43. The number of methoxy groups -OCH3 is 1. The highest BCUT2D eigenvalue weighted by Crippen LogP contribution is 2.17. The number of hydrogen-bond acceptors (Lipinski definition) is 4. The standard InChI is InChI=1S/C7H14O4/c1-4-7(10-2)6(9)5(8)3-11-4/h4-9H,3H2,1-2H3/t4?,5-,6+,7+/m1/s1. The predicted octanol–water partition coefficient (Wildman–Crippen LogP) is -0.858. The minimum absolute atomic E-state index is 0.154. The van der Waals surface area contributed by atoms with Gasteiger partial charge in [-0.2, -0.15) is 0 Å². The Morgan fingerprint density at radius 3 is 2.55 bits per heavy atom. The van der Waals surface area contributed by atoms with Gasteiger partial charge in [0.2, 0.25) is 0 Å². The Balaban J connectivity index is 2.55. The molecule has 1 saturated heterocycles. The van der Waals surface area contributed by atoms with Gasteiger partial charge in [0.25, 0.3) is 0 Å². The number of rotatable bonds is 1. The zero-order valence-electron chi connectivity index (χ0n) is 6.73. The molecule has 2 N–H and O–H groups in total. The fourth-order valence-electron chi connectivity index (χ4n) is 1.27. The van der Waals surface area contributed by atoms with Gasteiger partial charge in [0.15, 0.2) is 0 Å². The second kappa shape index (κ2) is 3.49. The van der Waals surface area contributed by atoms with Crippen molar-refractivity contribution in [3.63, 3.8) is 0 Å². The average molecular weight is 162 g/mol. The highest BCUT2D eigenvalue weighted by atomic mass is 16.6. The predicted molar refractivity (Wildman–Crippen MR) is 38.2 cm³/mol. The van der Waals surface area contributed by atoms with Gasteiger partial charge in [-0.3, -0.25) is 0 Å². The first-order chi connectivity index (χ1) is 5.16. The van der Waals surface area contributed by atoms with Crippen molar-refractivity contribution in [2.75, 3.05) is 13.7 Å². The molecular formula is C7H14O4. The maximum absolute atomic E-state index is 9.35. The first-order valence-corrected chi connectivity index (χ1v) is 3.67. The molecule has 4 nitrogen and oxygen atoms in total. The lowest BCUT2D eigenvalue weighted by Gasteiger charge is -2.35. The third-order valence-corrected chi connectivity index (χ3v) is 2.00. The molecule has 0 aromatic carbocycles. The van der Waals surface area contributed by atoms with E-state index in [0.717, 1.165) is 0 Å². The lowest BCUT2D eigenvalue weighted by atomic mass is 10.0. The van der Waals surface area contributed by atoms with E-state index in [9.17, 15) is 5.11 Å². The minimum atomic E-state index is -0.830. The Labute approximate surface area is 65.7 Å². The van der Waals surface area contributed by atoms with E-state index in [4.69, 9.17) is 14.6 Å². The largest absolute Gasteiger partial charge is 0.388 e. The van der Waals surface area contributed by atoms with Crippen LogP contribution in [0.5, 0.6) is 0 Å². The first kappa shape index (κ1) is 8.93. The molecule has 1 heterocycles. The summed E-state index contributed by atoms with van der Waals surface area (Å²) in [6.07, 6.45) is -2.22. The summed E-state index contributed by atoms with van der Waals surface area (Å²) in [4.78, 5) is 0. The second-order valence-corrected chi connectivity index (χ2v) is 2.80. The number of aliphatic hydroxyl groups excluding tert-OH is 2. The topological polar surface area (TPSA) is 58.9 Å². The minimum Gasteiger partial charge on any atom is -0.388 e. The molecule has 66 valence electrons. The normalized spacial score (nSPS) is 45.8. The summed E-state index contributed by atoms with van der Waals surface area (Å²) >= 11 is 0. The summed E-state index contributed by atoms with van der Waals surface area (Å²) in [6.45, 7) is 1.99. The molecular weight excluding hydrogens is 148 g/mol. The van der Waals surface area contributed by atoms with E-state index < -0.39 is 18.3 Å². The molecule has 0 bridgehead atoms. The molecule has 1 aliphatic heterocycles.